The zero-order valence-electron chi connectivity index (χ0n) is 23.5. The van der Waals surface area contributed by atoms with E-state index in [4.69, 9.17) is 14.2 Å². The summed E-state index contributed by atoms with van der Waals surface area (Å²) in [7, 11) is 3.20. The molecule has 0 spiro atoms. The molecule has 2 aliphatic rings. The van der Waals surface area contributed by atoms with Crippen molar-refractivity contribution in [3.05, 3.63) is 89.7 Å². The van der Waals surface area contributed by atoms with E-state index in [1.165, 1.54) is 0 Å². The van der Waals surface area contributed by atoms with Crippen molar-refractivity contribution in [1.29, 1.82) is 0 Å². The molecule has 0 unspecified atom stereocenters. The third-order valence-corrected chi connectivity index (χ3v) is 7.48. The van der Waals surface area contributed by atoms with Gasteiger partial charge in [0.1, 0.15) is 28.5 Å². The van der Waals surface area contributed by atoms with Gasteiger partial charge >= 0.3 is 5.97 Å². The van der Waals surface area contributed by atoms with Gasteiger partial charge in [-0.15, -0.1) is 0 Å². The first-order chi connectivity index (χ1) is 19.7. The van der Waals surface area contributed by atoms with Crippen molar-refractivity contribution in [2.75, 3.05) is 29.6 Å². The van der Waals surface area contributed by atoms with E-state index < -0.39 is 11.5 Å². The van der Waals surface area contributed by atoms with Crippen LogP contribution < -0.4 is 29.5 Å². The van der Waals surface area contributed by atoms with Gasteiger partial charge in [-0.05, 0) is 68.8 Å². The number of hydrogen-bond donors (Lipinski definition) is 1. The van der Waals surface area contributed by atoms with Gasteiger partial charge < -0.3 is 19.5 Å². The summed E-state index contributed by atoms with van der Waals surface area (Å²) in [4.78, 5) is 30.8. The highest BCUT2D eigenvalue weighted by Crippen LogP contribution is 2.51. The monoisotopic (exact) mass is 550 g/mol. The number of ether oxygens (including phenoxy) is 3. The molecule has 9 nitrogen and oxygen atoms in total. The third kappa shape index (κ3) is 4.30. The Morgan fingerprint density at radius 1 is 0.951 bits per heavy atom. The third-order valence-electron chi connectivity index (χ3n) is 7.48. The highest BCUT2D eigenvalue weighted by Gasteiger charge is 2.47. The number of anilines is 3. The smallest absolute Gasteiger partial charge is 0.345 e. The summed E-state index contributed by atoms with van der Waals surface area (Å²) < 4.78 is 17.1. The number of esters is 1. The zero-order valence-corrected chi connectivity index (χ0v) is 23.5. The van der Waals surface area contributed by atoms with Crippen molar-refractivity contribution in [2.24, 2.45) is 0 Å². The lowest BCUT2D eigenvalue weighted by atomic mass is 9.93. The normalized spacial score (nSPS) is 14.8. The van der Waals surface area contributed by atoms with Crippen LogP contribution >= 0.6 is 0 Å². The number of rotatable bonds is 6. The molecule has 0 atom stereocenters. The maximum Gasteiger partial charge on any atom is 0.345 e. The van der Waals surface area contributed by atoms with E-state index in [-0.39, 0.29) is 5.91 Å². The Kier molecular flexibility index (Phi) is 6.29. The van der Waals surface area contributed by atoms with Gasteiger partial charge in [0.2, 0.25) is 0 Å². The van der Waals surface area contributed by atoms with Gasteiger partial charge in [-0.1, -0.05) is 18.2 Å². The lowest BCUT2D eigenvalue weighted by Crippen LogP contribution is -2.57. The van der Waals surface area contributed by atoms with Crippen LogP contribution in [0.1, 0.15) is 35.5 Å². The molecule has 0 fully saturated rings. The van der Waals surface area contributed by atoms with Gasteiger partial charge in [0.05, 0.1) is 43.4 Å². The van der Waals surface area contributed by atoms with Gasteiger partial charge in [-0.25, -0.2) is 9.80 Å². The van der Waals surface area contributed by atoms with Crippen molar-refractivity contribution in [1.82, 2.24) is 4.98 Å². The first-order valence-electron chi connectivity index (χ1n) is 13.2. The largest absolute Gasteiger partial charge is 0.496 e. The average Bonchev–Trinajstić information content (AvgIpc) is 3.37. The molecule has 0 bridgehead atoms. The molecular formula is C32H30N4O5. The number of aromatic nitrogens is 1. The number of amides is 1. The quantitative estimate of drug-likeness (QED) is 0.239. The van der Waals surface area contributed by atoms with Crippen molar-refractivity contribution < 1.29 is 23.8 Å². The number of hydrazine groups is 1. The van der Waals surface area contributed by atoms with Gasteiger partial charge in [0, 0.05) is 23.4 Å². The summed E-state index contributed by atoms with van der Waals surface area (Å²) in [6, 6.07) is 20.4. The van der Waals surface area contributed by atoms with Gasteiger partial charge in [0.25, 0.3) is 5.91 Å². The molecule has 0 aliphatic carbocycles. The summed E-state index contributed by atoms with van der Waals surface area (Å²) in [6.07, 6.45) is 1.63. The molecule has 3 heterocycles. The Labute approximate surface area is 238 Å². The lowest BCUT2D eigenvalue weighted by Gasteiger charge is -2.41. The number of aryl methyl sites for hydroxylation is 1. The highest BCUT2D eigenvalue weighted by molar-refractivity contribution is 6.12. The first-order valence-corrected chi connectivity index (χ1v) is 13.2. The van der Waals surface area contributed by atoms with Crippen LogP contribution in [0, 0.1) is 6.92 Å². The number of carbonyl (C=O) groups excluding carboxylic acids is 2. The minimum Gasteiger partial charge on any atom is -0.496 e. The molecule has 4 aromatic rings. The molecule has 208 valence electrons. The fourth-order valence-electron chi connectivity index (χ4n) is 5.45. The molecule has 2 aliphatic heterocycles. The molecular weight excluding hydrogens is 520 g/mol. The van der Waals surface area contributed by atoms with E-state index in [2.05, 4.69) is 10.3 Å². The van der Waals surface area contributed by atoms with Crippen molar-refractivity contribution in [2.45, 2.75) is 32.9 Å². The Morgan fingerprint density at radius 2 is 1.71 bits per heavy atom. The standard InChI is InChI=1S/C32H30N4O5/c1-19-21(9-8-16-33-19)30(37)41-20-12-13-23(28(17-20)40-5)22-14-15-25-29-24(22)18-35(26-10-6-7-11-27(26)39-4)36(29)31(38)32(2,3)34-25/h6-17,34H,18H2,1-5H3. The van der Waals surface area contributed by atoms with Gasteiger partial charge in [-0.3, -0.25) is 14.8 Å². The Hall–Kier alpha value is -5.05. The minimum absolute atomic E-state index is 0.0771. The number of benzene rings is 3. The van der Waals surface area contributed by atoms with Gasteiger partial charge in [-0.2, -0.15) is 0 Å². The predicted molar refractivity (Wildman–Crippen MR) is 157 cm³/mol. The second-order valence-electron chi connectivity index (χ2n) is 10.5. The molecule has 9 heteroatoms. The second-order valence-corrected chi connectivity index (χ2v) is 10.5. The molecule has 41 heavy (non-hydrogen) atoms. The Balaban J connectivity index is 1.43. The molecule has 6 rings (SSSR count). The van der Waals surface area contributed by atoms with E-state index >= 15 is 0 Å². The molecule has 3 aromatic carbocycles. The Bertz CT molecular complexity index is 1700. The summed E-state index contributed by atoms with van der Waals surface area (Å²) >= 11 is 0. The van der Waals surface area contributed by atoms with Crippen LogP contribution in [0.15, 0.2) is 72.9 Å². The molecule has 0 radical (unpaired) electrons. The van der Waals surface area contributed by atoms with Crippen LogP contribution in [-0.4, -0.2) is 36.6 Å². The second kappa shape index (κ2) is 9.85. The molecule has 0 saturated heterocycles. The van der Waals surface area contributed by atoms with Crippen LogP contribution in [0.25, 0.3) is 11.1 Å². The van der Waals surface area contributed by atoms with E-state index in [0.29, 0.717) is 35.1 Å². The number of nitrogens with zero attached hydrogens (tertiary/aromatic N) is 3. The maximum atomic E-state index is 13.8. The summed E-state index contributed by atoms with van der Waals surface area (Å²) in [5.41, 5.74) is 5.28. The van der Waals surface area contributed by atoms with Gasteiger partial charge in [0.15, 0.2) is 0 Å². The summed E-state index contributed by atoms with van der Waals surface area (Å²) in [6.45, 7) is 5.95. The van der Waals surface area contributed by atoms with Crippen LogP contribution in [0.2, 0.25) is 0 Å². The van der Waals surface area contributed by atoms with E-state index in [1.807, 2.05) is 61.3 Å². The SMILES string of the molecule is COc1cc(OC(=O)c2cccnc2C)ccc1-c1ccc2c3c1CN(c1ccccc1OC)N3C(=O)C(C)(C)N2. The first kappa shape index (κ1) is 26.2. The van der Waals surface area contributed by atoms with E-state index in [9.17, 15) is 9.59 Å². The molecule has 1 N–H and O–H groups in total. The number of para-hydroxylation sites is 2. The number of hydrogen-bond acceptors (Lipinski definition) is 8. The predicted octanol–water partition coefficient (Wildman–Crippen LogP) is 5.77. The van der Waals surface area contributed by atoms with Crippen LogP contribution in [0.5, 0.6) is 17.2 Å². The zero-order chi connectivity index (χ0) is 28.9. The fourth-order valence-corrected chi connectivity index (χ4v) is 5.45. The molecule has 0 saturated carbocycles. The number of methoxy groups -OCH3 is 2. The topological polar surface area (TPSA) is 93.2 Å². The van der Waals surface area contributed by atoms with Crippen LogP contribution in [0.4, 0.5) is 17.1 Å². The Morgan fingerprint density at radius 3 is 2.46 bits per heavy atom. The van der Waals surface area contributed by atoms with E-state index in [0.717, 1.165) is 33.8 Å². The molecule has 1 amide bonds. The number of nitrogens with one attached hydrogen (secondary N) is 1. The van der Waals surface area contributed by atoms with Crippen LogP contribution in [-0.2, 0) is 11.3 Å². The highest BCUT2D eigenvalue weighted by atomic mass is 16.5. The average molecular weight is 551 g/mol. The summed E-state index contributed by atoms with van der Waals surface area (Å²) in [5, 5.41) is 7.12. The number of carbonyl (C=O) groups is 2. The number of pyridine rings is 1. The summed E-state index contributed by atoms with van der Waals surface area (Å²) in [5.74, 6) is 0.983. The van der Waals surface area contributed by atoms with Crippen LogP contribution in [0.3, 0.4) is 0 Å². The van der Waals surface area contributed by atoms with Crippen molar-refractivity contribution >= 4 is 28.9 Å². The van der Waals surface area contributed by atoms with Crippen molar-refractivity contribution in [3.8, 4) is 28.4 Å². The fraction of sp³-hybridized carbons (Fsp3) is 0.219. The van der Waals surface area contributed by atoms with Crippen molar-refractivity contribution in [3.63, 3.8) is 0 Å². The van der Waals surface area contributed by atoms with E-state index in [1.54, 1.807) is 56.6 Å². The molecule has 1 aromatic heterocycles. The maximum absolute atomic E-state index is 13.8. The lowest BCUT2D eigenvalue weighted by molar-refractivity contribution is -0.122. The minimum atomic E-state index is -0.813.